The van der Waals surface area contributed by atoms with Crippen LogP contribution in [-0.2, 0) is 24.4 Å². The fourth-order valence-corrected chi connectivity index (χ4v) is 3.83. The van der Waals surface area contributed by atoms with Crippen molar-refractivity contribution in [1.82, 2.24) is 0 Å². The summed E-state index contributed by atoms with van der Waals surface area (Å²) in [6.07, 6.45) is 1.37. The number of hydrogen-bond donors (Lipinski definition) is 1. The molecule has 1 aliphatic rings. The number of aliphatic hydroxyl groups is 1. The molecule has 0 atom stereocenters. The molecule has 0 aliphatic carbocycles. The van der Waals surface area contributed by atoms with E-state index >= 15 is 0 Å². The van der Waals surface area contributed by atoms with E-state index in [9.17, 15) is 9.90 Å². The first-order valence-corrected chi connectivity index (χ1v) is 11.4. The first-order valence-electron chi connectivity index (χ1n) is 11.4. The van der Waals surface area contributed by atoms with E-state index in [2.05, 4.69) is 0 Å². The molecule has 6 heteroatoms. The molecule has 0 fully saturated rings. The molecule has 6 nitrogen and oxygen atoms in total. The maximum absolute atomic E-state index is 13.0. The molecule has 0 spiro atoms. The van der Waals surface area contributed by atoms with E-state index in [1.165, 1.54) is 7.11 Å². The average molecular weight is 463 g/mol. The first kappa shape index (κ1) is 23.6. The molecular weight excluding hydrogens is 432 g/mol. The summed E-state index contributed by atoms with van der Waals surface area (Å²) in [6.45, 7) is 4.52. The van der Waals surface area contributed by atoms with Crippen LogP contribution in [0.2, 0.25) is 0 Å². The Morgan fingerprint density at radius 3 is 2.56 bits per heavy atom. The van der Waals surface area contributed by atoms with Gasteiger partial charge in [0, 0.05) is 12.2 Å². The van der Waals surface area contributed by atoms with Crippen molar-refractivity contribution in [1.29, 1.82) is 0 Å². The standard InChI is InChI=1S/C28H30O6/c1-28(2,18-29)15-14-20-12-13-22-24(26(20)31-3)27(30)33-17-21-10-7-11-23(25(21)34-22)32-16-19-8-5-4-6-9-19/h4-13,29H,14-18H2,1-3H3. The molecule has 1 heterocycles. The first-order chi connectivity index (χ1) is 16.4. The van der Waals surface area contributed by atoms with E-state index in [1.807, 2.05) is 68.4 Å². The number of rotatable bonds is 8. The number of ether oxygens (including phenoxy) is 4. The van der Waals surface area contributed by atoms with Gasteiger partial charge in [-0.15, -0.1) is 0 Å². The van der Waals surface area contributed by atoms with Crippen molar-refractivity contribution in [2.24, 2.45) is 5.41 Å². The molecule has 178 valence electrons. The number of cyclic esters (lactones) is 1. The summed E-state index contributed by atoms with van der Waals surface area (Å²) in [5, 5.41) is 9.60. The van der Waals surface area contributed by atoms with Crippen molar-refractivity contribution in [3.8, 4) is 23.0 Å². The van der Waals surface area contributed by atoms with Crippen LogP contribution >= 0.6 is 0 Å². The molecule has 0 bridgehead atoms. The number of aryl methyl sites for hydroxylation is 1. The van der Waals surface area contributed by atoms with Gasteiger partial charge in [-0.3, -0.25) is 0 Å². The molecule has 0 radical (unpaired) electrons. The Kier molecular flexibility index (Phi) is 7.08. The number of methoxy groups -OCH3 is 1. The van der Waals surface area contributed by atoms with E-state index in [4.69, 9.17) is 18.9 Å². The van der Waals surface area contributed by atoms with Gasteiger partial charge in [0.15, 0.2) is 11.5 Å². The lowest BCUT2D eigenvalue weighted by atomic mass is 9.86. The van der Waals surface area contributed by atoms with Gasteiger partial charge in [-0.25, -0.2) is 4.79 Å². The number of esters is 1. The third kappa shape index (κ3) is 5.18. The molecular formula is C28H30O6. The van der Waals surface area contributed by atoms with E-state index in [0.29, 0.717) is 36.0 Å². The minimum Gasteiger partial charge on any atom is -0.495 e. The third-order valence-corrected chi connectivity index (χ3v) is 5.98. The molecule has 4 rings (SSSR count). The molecule has 0 unspecified atom stereocenters. The second-order valence-electron chi connectivity index (χ2n) is 9.15. The van der Waals surface area contributed by atoms with Crippen molar-refractivity contribution in [3.05, 3.63) is 82.9 Å². The SMILES string of the molecule is COc1c(CCC(C)(C)CO)ccc2c1C(=O)OCc1cccc(OCc3ccccc3)c1O2. The van der Waals surface area contributed by atoms with Crippen molar-refractivity contribution in [2.75, 3.05) is 13.7 Å². The summed E-state index contributed by atoms with van der Waals surface area (Å²) < 4.78 is 23.6. The number of fused-ring (bicyclic) bond motifs is 2. The molecule has 0 saturated carbocycles. The predicted molar refractivity (Wildman–Crippen MR) is 129 cm³/mol. The van der Waals surface area contributed by atoms with Crippen LogP contribution in [-0.4, -0.2) is 24.8 Å². The zero-order chi connectivity index (χ0) is 24.1. The Hall–Kier alpha value is -3.51. The van der Waals surface area contributed by atoms with Gasteiger partial charge >= 0.3 is 5.97 Å². The Balaban J connectivity index is 1.67. The van der Waals surface area contributed by atoms with E-state index in [-0.39, 0.29) is 24.2 Å². The summed E-state index contributed by atoms with van der Waals surface area (Å²) in [7, 11) is 1.53. The molecule has 1 N–H and O–H groups in total. The van der Waals surface area contributed by atoms with Crippen molar-refractivity contribution < 1.29 is 28.8 Å². The van der Waals surface area contributed by atoms with Crippen LogP contribution in [0.15, 0.2) is 60.7 Å². The second kappa shape index (κ2) is 10.2. The van der Waals surface area contributed by atoms with Crippen LogP contribution in [0.25, 0.3) is 0 Å². The van der Waals surface area contributed by atoms with Crippen LogP contribution in [0.5, 0.6) is 23.0 Å². The topological polar surface area (TPSA) is 74.2 Å². The fraction of sp³-hybridized carbons (Fsp3) is 0.321. The van der Waals surface area contributed by atoms with Crippen LogP contribution in [0, 0.1) is 5.41 Å². The van der Waals surface area contributed by atoms with E-state index in [1.54, 1.807) is 6.07 Å². The Morgan fingerprint density at radius 1 is 1.03 bits per heavy atom. The largest absolute Gasteiger partial charge is 0.495 e. The third-order valence-electron chi connectivity index (χ3n) is 5.98. The summed E-state index contributed by atoms with van der Waals surface area (Å²) >= 11 is 0. The smallest absolute Gasteiger partial charge is 0.346 e. The highest BCUT2D eigenvalue weighted by molar-refractivity contribution is 5.96. The highest BCUT2D eigenvalue weighted by Gasteiger charge is 2.28. The lowest BCUT2D eigenvalue weighted by molar-refractivity contribution is 0.0454. The van der Waals surface area contributed by atoms with Gasteiger partial charge in [0.05, 0.1) is 7.11 Å². The Bertz CT molecular complexity index is 1150. The normalized spacial score (nSPS) is 13.0. The van der Waals surface area contributed by atoms with Gasteiger partial charge < -0.3 is 24.1 Å². The zero-order valence-electron chi connectivity index (χ0n) is 19.8. The summed E-state index contributed by atoms with van der Waals surface area (Å²) in [5.41, 5.74) is 2.63. The van der Waals surface area contributed by atoms with Gasteiger partial charge in [0.25, 0.3) is 0 Å². The van der Waals surface area contributed by atoms with Crippen molar-refractivity contribution in [3.63, 3.8) is 0 Å². The number of benzene rings is 3. The van der Waals surface area contributed by atoms with E-state index in [0.717, 1.165) is 23.1 Å². The number of hydrogen-bond acceptors (Lipinski definition) is 6. The van der Waals surface area contributed by atoms with Gasteiger partial charge in [0.1, 0.15) is 30.3 Å². The number of aliphatic hydroxyl groups excluding tert-OH is 1. The van der Waals surface area contributed by atoms with Crippen molar-refractivity contribution in [2.45, 2.75) is 39.9 Å². The van der Waals surface area contributed by atoms with Gasteiger partial charge in [-0.05, 0) is 41.5 Å². The summed E-state index contributed by atoms with van der Waals surface area (Å²) in [6, 6.07) is 19.1. The number of carbonyl (C=O) groups is 1. The molecule has 34 heavy (non-hydrogen) atoms. The minimum atomic E-state index is -0.503. The van der Waals surface area contributed by atoms with Crippen LogP contribution in [0.1, 0.15) is 47.3 Å². The maximum Gasteiger partial charge on any atom is 0.346 e. The Morgan fingerprint density at radius 2 is 1.82 bits per heavy atom. The number of para-hydroxylation sites is 1. The molecule has 1 aliphatic heterocycles. The van der Waals surface area contributed by atoms with Crippen LogP contribution in [0.4, 0.5) is 0 Å². The number of carbonyl (C=O) groups excluding carboxylic acids is 1. The predicted octanol–water partition coefficient (Wildman–Crippen LogP) is 5.69. The molecule has 0 amide bonds. The highest BCUT2D eigenvalue weighted by atomic mass is 16.6. The molecule has 0 aromatic heterocycles. The lowest BCUT2D eigenvalue weighted by Gasteiger charge is -2.24. The van der Waals surface area contributed by atoms with Crippen LogP contribution in [0.3, 0.4) is 0 Å². The highest BCUT2D eigenvalue weighted by Crippen LogP contribution is 2.43. The molecule has 3 aromatic carbocycles. The van der Waals surface area contributed by atoms with E-state index < -0.39 is 5.97 Å². The summed E-state index contributed by atoms with van der Waals surface area (Å²) in [5.74, 6) is 1.36. The quantitative estimate of drug-likeness (QED) is 0.434. The fourth-order valence-electron chi connectivity index (χ4n) is 3.83. The van der Waals surface area contributed by atoms with Gasteiger partial charge in [0.2, 0.25) is 0 Å². The van der Waals surface area contributed by atoms with Gasteiger partial charge in [-0.2, -0.15) is 0 Å². The van der Waals surface area contributed by atoms with Gasteiger partial charge in [-0.1, -0.05) is 62.4 Å². The zero-order valence-corrected chi connectivity index (χ0v) is 19.8. The Labute approximate surface area is 200 Å². The van der Waals surface area contributed by atoms with Crippen molar-refractivity contribution >= 4 is 5.97 Å². The monoisotopic (exact) mass is 462 g/mol. The minimum absolute atomic E-state index is 0.0566. The average Bonchev–Trinajstić information content (AvgIpc) is 2.85. The summed E-state index contributed by atoms with van der Waals surface area (Å²) in [4.78, 5) is 13.0. The second-order valence-corrected chi connectivity index (χ2v) is 9.15. The maximum atomic E-state index is 13.0. The van der Waals surface area contributed by atoms with Crippen LogP contribution < -0.4 is 14.2 Å². The molecule has 0 saturated heterocycles. The lowest BCUT2D eigenvalue weighted by Crippen LogP contribution is -2.18. The molecule has 3 aromatic rings.